The first-order valence-electron chi connectivity index (χ1n) is 11.9. The van der Waals surface area contributed by atoms with Crippen LogP contribution in [0.15, 0.2) is 12.1 Å². The molecule has 0 radical (unpaired) electrons. The summed E-state index contributed by atoms with van der Waals surface area (Å²) in [5, 5.41) is 6.78. The quantitative estimate of drug-likeness (QED) is 0.703. The van der Waals surface area contributed by atoms with Gasteiger partial charge in [-0.2, -0.15) is 0 Å². The SMILES string of the molecule is Cc1c(CN2CCN(C(=O)C3CCCC3)[C@@H](C)C2)cc(Cl)cc1NC(=O)C1CNCCO1. The number of nitrogens with one attached hydrogen (secondary N) is 2. The normalized spacial score (nSPS) is 25.2. The summed E-state index contributed by atoms with van der Waals surface area (Å²) in [6.45, 7) is 9.18. The smallest absolute Gasteiger partial charge is 0.254 e. The van der Waals surface area contributed by atoms with Gasteiger partial charge in [0.1, 0.15) is 6.10 Å². The fourth-order valence-electron chi connectivity index (χ4n) is 5.13. The van der Waals surface area contributed by atoms with Gasteiger partial charge in [0.2, 0.25) is 5.91 Å². The number of amides is 2. The van der Waals surface area contributed by atoms with Crippen LogP contribution in [0.5, 0.6) is 0 Å². The molecule has 2 N–H and O–H groups in total. The molecule has 176 valence electrons. The first kappa shape index (κ1) is 23.5. The molecule has 0 aromatic heterocycles. The molecule has 7 nitrogen and oxygen atoms in total. The van der Waals surface area contributed by atoms with E-state index in [4.69, 9.17) is 16.3 Å². The summed E-state index contributed by atoms with van der Waals surface area (Å²) in [6, 6.07) is 3.98. The van der Waals surface area contributed by atoms with Crippen LogP contribution in [0, 0.1) is 12.8 Å². The number of halogens is 1. The van der Waals surface area contributed by atoms with E-state index in [-0.39, 0.29) is 17.9 Å². The molecule has 1 aromatic carbocycles. The third-order valence-corrected chi connectivity index (χ3v) is 7.27. The lowest BCUT2D eigenvalue weighted by Gasteiger charge is -2.41. The highest BCUT2D eigenvalue weighted by Gasteiger charge is 2.33. The monoisotopic (exact) mass is 462 g/mol. The molecule has 1 saturated carbocycles. The number of hydrogen-bond donors (Lipinski definition) is 2. The fraction of sp³-hybridized carbons (Fsp3) is 0.667. The molecular weight excluding hydrogens is 428 g/mol. The van der Waals surface area contributed by atoms with Gasteiger partial charge >= 0.3 is 0 Å². The molecule has 4 rings (SSSR count). The van der Waals surface area contributed by atoms with E-state index in [2.05, 4.69) is 27.4 Å². The number of piperazine rings is 1. The Labute approximate surface area is 195 Å². The van der Waals surface area contributed by atoms with Crippen molar-refractivity contribution in [1.29, 1.82) is 0 Å². The first-order valence-corrected chi connectivity index (χ1v) is 12.2. The molecule has 1 aromatic rings. The molecule has 1 unspecified atom stereocenters. The van der Waals surface area contributed by atoms with Gasteiger partial charge in [0.25, 0.3) is 5.91 Å². The van der Waals surface area contributed by atoms with Gasteiger partial charge in [-0.05, 0) is 49.9 Å². The van der Waals surface area contributed by atoms with Gasteiger partial charge in [0.05, 0.1) is 6.61 Å². The molecule has 2 atom stereocenters. The van der Waals surface area contributed by atoms with Crippen LogP contribution in [-0.4, -0.2) is 73.1 Å². The first-order chi connectivity index (χ1) is 15.4. The van der Waals surface area contributed by atoms with Crippen molar-refractivity contribution in [3.63, 3.8) is 0 Å². The number of anilines is 1. The number of benzene rings is 1. The molecule has 1 aliphatic carbocycles. The van der Waals surface area contributed by atoms with Gasteiger partial charge in [0.15, 0.2) is 0 Å². The molecule has 0 bridgehead atoms. The maximum absolute atomic E-state index is 12.9. The average Bonchev–Trinajstić information content (AvgIpc) is 3.32. The number of nitrogens with zero attached hydrogens (tertiary/aromatic N) is 2. The average molecular weight is 463 g/mol. The zero-order chi connectivity index (χ0) is 22.7. The standard InChI is InChI=1S/C24H35ClN4O3/c1-16-14-28(8-9-29(16)24(31)18-5-3-4-6-18)15-19-11-20(25)12-21(17(19)2)27-23(30)22-13-26-7-10-32-22/h11-12,16,18,22,26H,3-10,13-15H2,1-2H3,(H,27,30)/t16-,22?/m0/s1. The summed E-state index contributed by atoms with van der Waals surface area (Å²) in [5.41, 5.74) is 2.84. The van der Waals surface area contributed by atoms with E-state index in [0.29, 0.717) is 24.1 Å². The van der Waals surface area contributed by atoms with E-state index < -0.39 is 6.10 Å². The van der Waals surface area contributed by atoms with Crippen LogP contribution in [0.25, 0.3) is 0 Å². The highest BCUT2D eigenvalue weighted by atomic mass is 35.5. The number of rotatable bonds is 5. The third kappa shape index (κ3) is 5.45. The van der Waals surface area contributed by atoms with E-state index in [1.165, 1.54) is 12.8 Å². The van der Waals surface area contributed by atoms with Crippen molar-refractivity contribution in [3.8, 4) is 0 Å². The Morgan fingerprint density at radius 1 is 1.25 bits per heavy atom. The second kappa shape index (κ2) is 10.5. The minimum Gasteiger partial charge on any atom is -0.366 e. The van der Waals surface area contributed by atoms with Crippen LogP contribution in [0.3, 0.4) is 0 Å². The summed E-state index contributed by atoms with van der Waals surface area (Å²) in [6.07, 6.45) is 3.97. The summed E-state index contributed by atoms with van der Waals surface area (Å²) in [5.74, 6) is 0.424. The topological polar surface area (TPSA) is 73.9 Å². The minimum atomic E-state index is -0.489. The lowest BCUT2D eigenvalue weighted by Crippen LogP contribution is -2.54. The van der Waals surface area contributed by atoms with Gasteiger partial charge in [-0.25, -0.2) is 0 Å². The van der Waals surface area contributed by atoms with Gasteiger partial charge in [-0.3, -0.25) is 14.5 Å². The molecule has 2 saturated heterocycles. The van der Waals surface area contributed by atoms with Crippen molar-refractivity contribution in [3.05, 3.63) is 28.3 Å². The van der Waals surface area contributed by atoms with E-state index >= 15 is 0 Å². The molecule has 32 heavy (non-hydrogen) atoms. The van der Waals surface area contributed by atoms with Crippen molar-refractivity contribution in [2.45, 2.75) is 58.2 Å². The van der Waals surface area contributed by atoms with Gasteiger partial charge in [-0.1, -0.05) is 24.4 Å². The minimum absolute atomic E-state index is 0.152. The maximum atomic E-state index is 12.9. The number of carbonyl (C=O) groups is 2. The van der Waals surface area contributed by atoms with Crippen molar-refractivity contribution in [2.75, 3.05) is 44.6 Å². The van der Waals surface area contributed by atoms with Crippen LogP contribution in [0.1, 0.15) is 43.7 Å². The van der Waals surface area contributed by atoms with Crippen molar-refractivity contribution >= 4 is 29.1 Å². The van der Waals surface area contributed by atoms with Gasteiger partial charge < -0.3 is 20.3 Å². The maximum Gasteiger partial charge on any atom is 0.254 e. The van der Waals surface area contributed by atoms with Gasteiger partial charge in [-0.15, -0.1) is 0 Å². The fourth-order valence-corrected chi connectivity index (χ4v) is 5.37. The highest BCUT2D eigenvalue weighted by Crippen LogP contribution is 2.29. The second-order valence-corrected chi connectivity index (χ2v) is 9.82. The Bertz CT molecular complexity index is 837. The Morgan fingerprint density at radius 3 is 2.72 bits per heavy atom. The zero-order valence-electron chi connectivity index (χ0n) is 19.2. The molecular formula is C24H35ClN4O3. The zero-order valence-corrected chi connectivity index (χ0v) is 19.9. The summed E-state index contributed by atoms with van der Waals surface area (Å²) >= 11 is 6.41. The van der Waals surface area contributed by atoms with Gasteiger partial charge in [0, 0.05) is 61.9 Å². The lowest BCUT2D eigenvalue weighted by atomic mass is 10.0. The van der Waals surface area contributed by atoms with Crippen LogP contribution >= 0.6 is 11.6 Å². The van der Waals surface area contributed by atoms with E-state index in [1.807, 2.05) is 13.0 Å². The summed E-state index contributed by atoms with van der Waals surface area (Å²) in [7, 11) is 0. The largest absolute Gasteiger partial charge is 0.366 e. The van der Waals surface area contributed by atoms with Crippen LogP contribution in [0.4, 0.5) is 5.69 Å². The predicted octanol–water partition coefficient (Wildman–Crippen LogP) is 2.80. The van der Waals surface area contributed by atoms with Crippen molar-refractivity contribution < 1.29 is 14.3 Å². The predicted molar refractivity (Wildman–Crippen MR) is 126 cm³/mol. The van der Waals surface area contributed by atoms with Crippen LogP contribution in [-0.2, 0) is 20.9 Å². The summed E-state index contributed by atoms with van der Waals surface area (Å²) < 4.78 is 5.56. The molecule has 2 heterocycles. The lowest BCUT2D eigenvalue weighted by molar-refractivity contribution is -0.140. The van der Waals surface area contributed by atoms with Crippen molar-refractivity contribution in [2.24, 2.45) is 5.92 Å². The molecule has 3 fully saturated rings. The molecule has 2 aliphatic heterocycles. The van der Waals surface area contributed by atoms with E-state index in [9.17, 15) is 9.59 Å². The Kier molecular flexibility index (Phi) is 7.71. The third-order valence-electron chi connectivity index (χ3n) is 7.05. The van der Waals surface area contributed by atoms with Crippen molar-refractivity contribution in [1.82, 2.24) is 15.1 Å². The Hall–Kier alpha value is -1.67. The molecule has 2 amide bonds. The Morgan fingerprint density at radius 2 is 2.03 bits per heavy atom. The molecule has 8 heteroatoms. The van der Waals surface area contributed by atoms with Crippen LogP contribution < -0.4 is 10.6 Å². The van der Waals surface area contributed by atoms with Crippen LogP contribution in [0.2, 0.25) is 5.02 Å². The number of morpholine rings is 1. The summed E-state index contributed by atoms with van der Waals surface area (Å²) in [4.78, 5) is 30.0. The Balaban J connectivity index is 1.38. The second-order valence-electron chi connectivity index (χ2n) is 9.39. The van der Waals surface area contributed by atoms with E-state index in [1.54, 1.807) is 6.07 Å². The molecule has 0 spiro atoms. The number of ether oxygens (including phenoxy) is 1. The van der Waals surface area contributed by atoms with E-state index in [0.717, 1.165) is 62.4 Å². The highest BCUT2D eigenvalue weighted by molar-refractivity contribution is 6.31. The number of carbonyl (C=O) groups excluding carboxylic acids is 2. The number of hydrogen-bond acceptors (Lipinski definition) is 5. The molecule has 3 aliphatic rings.